The highest BCUT2D eigenvalue weighted by Gasteiger charge is 2.38. The van der Waals surface area contributed by atoms with Crippen molar-refractivity contribution >= 4 is 0 Å². The summed E-state index contributed by atoms with van der Waals surface area (Å²) in [5, 5.41) is 19.4. The normalized spacial score (nSPS) is 27.6. The fourth-order valence-electron chi connectivity index (χ4n) is 4.23. The lowest BCUT2D eigenvalue weighted by Gasteiger charge is -2.35. The van der Waals surface area contributed by atoms with Gasteiger partial charge in [-0.15, -0.1) is 0 Å². The van der Waals surface area contributed by atoms with E-state index in [9.17, 15) is 10.4 Å². The minimum absolute atomic E-state index is 0.158. The average molecular weight is 329 g/mol. The molecular formula is C20H27NO3. The number of aliphatic hydroxyl groups is 1. The maximum absolute atomic E-state index is 9.91. The Hall–Kier alpha value is -1.73. The van der Waals surface area contributed by atoms with E-state index in [1.54, 1.807) is 7.11 Å². The van der Waals surface area contributed by atoms with E-state index in [1.807, 2.05) is 18.2 Å². The average Bonchev–Trinajstić information content (AvgIpc) is 3.14. The molecule has 0 amide bonds. The Labute approximate surface area is 144 Å². The molecule has 0 aromatic heterocycles. The third-order valence-electron chi connectivity index (χ3n) is 5.64. The lowest BCUT2D eigenvalue weighted by Crippen LogP contribution is -2.33. The van der Waals surface area contributed by atoms with Gasteiger partial charge in [0.1, 0.15) is 0 Å². The fraction of sp³-hybridized carbons (Fsp3) is 0.650. The van der Waals surface area contributed by atoms with Gasteiger partial charge in [0.25, 0.3) is 0 Å². The highest BCUT2D eigenvalue weighted by atomic mass is 16.5. The second-order valence-corrected chi connectivity index (χ2v) is 7.23. The van der Waals surface area contributed by atoms with Gasteiger partial charge in [-0.2, -0.15) is 5.26 Å². The molecule has 2 saturated carbocycles. The van der Waals surface area contributed by atoms with E-state index < -0.39 is 5.41 Å². The van der Waals surface area contributed by atoms with Gasteiger partial charge in [0, 0.05) is 6.61 Å². The first kappa shape index (κ1) is 17.1. The van der Waals surface area contributed by atoms with Gasteiger partial charge in [0.2, 0.25) is 0 Å². The Bertz CT molecular complexity index is 603. The van der Waals surface area contributed by atoms with Gasteiger partial charge in [-0.25, -0.2) is 0 Å². The molecule has 3 rings (SSSR count). The zero-order valence-corrected chi connectivity index (χ0v) is 14.5. The predicted octanol–water partition coefficient (Wildman–Crippen LogP) is 3.96. The van der Waals surface area contributed by atoms with Crippen molar-refractivity contribution in [3.05, 3.63) is 23.8 Å². The Balaban J connectivity index is 1.90. The van der Waals surface area contributed by atoms with Crippen LogP contribution < -0.4 is 9.47 Å². The summed E-state index contributed by atoms with van der Waals surface area (Å²) in [6.45, 7) is 0.158. The number of ether oxygens (including phenoxy) is 2. The Morgan fingerprint density at radius 3 is 2.67 bits per heavy atom. The molecule has 1 aromatic carbocycles. The van der Waals surface area contributed by atoms with Crippen molar-refractivity contribution in [1.82, 2.24) is 0 Å². The largest absolute Gasteiger partial charge is 0.493 e. The van der Waals surface area contributed by atoms with Crippen LogP contribution >= 0.6 is 0 Å². The van der Waals surface area contributed by atoms with Crippen LogP contribution in [0.5, 0.6) is 11.5 Å². The zero-order chi connectivity index (χ0) is 17.0. The van der Waals surface area contributed by atoms with Crippen molar-refractivity contribution in [3.8, 4) is 17.6 Å². The molecule has 0 aliphatic heterocycles. The van der Waals surface area contributed by atoms with Gasteiger partial charge in [0.05, 0.1) is 24.7 Å². The van der Waals surface area contributed by atoms with E-state index in [2.05, 4.69) is 6.07 Å². The first-order valence-corrected chi connectivity index (χ1v) is 9.08. The summed E-state index contributed by atoms with van der Waals surface area (Å²) in [5.74, 6) is 1.69. The van der Waals surface area contributed by atoms with Crippen LogP contribution in [0, 0.1) is 17.2 Å². The van der Waals surface area contributed by atoms with E-state index in [4.69, 9.17) is 9.47 Å². The van der Waals surface area contributed by atoms with Crippen LogP contribution in [0.25, 0.3) is 0 Å². The molecule has 4 nitrogen and oxygen atoms in total. The van der Waals surface area contributed by atoms with Crippen LogP contribution in [0.1, 0.15) is 56.9 Å². The van der Waals surface area contributed by atoms with E-state index in [0.29, 0.717) is 0 Å². The maximum Gasteiger partial charge on any atom is 0.161 e. The van der Waals surface area contributed by atoms with Crippen molar-refractivity contribution in [1.29, 1.82) is 5.26 Å². The summed E-state index contributed by atoms with van der Waals surface area (Å²) in [7, 11) is 1.65. The van der Waals surface area contributed by atoms with Crippen molar-refractivity contribution in [3.63, 3.8) is 0 Å². The number of aliphatic hydroxyl groups excluding tert-OH is 1. The minimum atomic E-state index is -0.522. The molecular weight excluding hydrogens is 302 g/mol. The molecule has 2 fully saturated rings. The fourth-order valence-corrected chi connectivity index (χ4v) is 4.23. The van der Waals surface area contributed by atoms with Crippen molar-refractivity contribution in [2.45, 2.75) is 62.9 Å². The summed E-state index contributed by atoms with van der Waals surface area (Å²) < 4.78 is 11.6. The Kier molecular flexibility index (Phi) is 5.30. The molecule has 0 saturated heterocycles. The molecule has 0 radical (unpaired) electrons. The van der Waals surface area contributed by atoms with Crippen LogP contribution in [0.4, 0.5) is 0 Å². The van der Waals surface area contributed by atoms with Gasteiger partial charge in [-0.1, -0.05) is 12.5 Å². The monoisotopic (exact) mass is 329 g/mol. The van der Waals surface area contributed by atoms with Gasteiger partial charge in [-0.3, -0.25) is 0 Å². The smallest absolute Gasteiger partial charge is 0.161 e. The molecule has 4 heteroatoms. The van der Waals surface area contributed by atoms with Crippen molar-refractivity contribution in [2.75, 3.05) is 13.7 Å². The van der Waals surface area contributed by atoms with Gasteiger partial charge in [0.15, 0.2) is 11.5 Å². The van der Waals surface area contributed by atoms with Crippen LogP contribution in [-0.2, 0) is 5.41 Å². The molecule has 1 aromatic rings. The maximum atomic E-state index is 9.91. The Morgan fingerprint density at radius 1 is 1.21 bits per heavy atom. The predicted molar refractivity (Wildman–Crippen MR) is 92.2 cm³/mol. The number of rotatable bonds is 5. The standard InChI is InChI=1S/C20H27NO3/c1-23-18-9-8-16(11-19(18)24-17-6-2-3-7-17)20(14-21)10-4-5-15(12-20)13-22/h8-9,11,15,17,22H,2-7,10,12-13H2,1H3/t15-,20+/m1/s1. The first-order chi connectivity index (χ1) is 11.7. The highest BCUT2D eigenvalue weighted by molar-refractivity contribution is 5.47. The van der Waals surface area contributed by atoms with E-state index in [0.717, 1.165) is 55.6 Å². The van der Waals surface area contributed by atoms with Crippen molar-refractivity contribution in [2.24, 2.45) is 5.92 Å². The lowest BCUT2D eigenvalue weighted by atomic mass is 9.67. The molecule has 130 valence electrons. The molecule has 2 atom stereocenters. The summed E-state index contributed by atoms with van der Waals surface area (Å²) in [6, 6.07) is 8.46. The number of benzene rings is 1. The van der Waals surface area contributed by atoms with Gasteiger partial charge < -0.3 is 14.6 Å². The molecule has 2 aliphatic rings. The number of methoxy groups -OCH3 is 1. The quantitative estimate of drug-likeness (QED) is 0.888. The van der Waals surface area contributed by atoms with E-state index >= 15 is 0 Å². The van der Waals surface area contributed by atoms with Crippen LogP contribution in [0.3, 0.4) is 0 Å². The SMILES string of the molecule is COc1ccc([C@@]2(C#N)CCC[C@@H](CO)C2)cc1OC1CCCC1. The topological polar surface area (TPSA) is 62.5 Å². The number of hydrogen-bond donors (Lipinski definition) is 1. The molecule has 0 bridgehead atoms. The third-order valence-corrected chi connectivity index (χ3v) is 5.64. The molecule has 2 aliphatic carbocycles. The number of hydrogen-bond acceptors (Lipinski definition) is 4. The second-order valence-electron chi connectivity index (χ2n) is 7.23. The van der Waals surface area contributed by atoms with Crippen LogP contribution in [0.15, 0.2) is 18.2 Å². The molecule has 0 spiro atoms. The molecule has 1 N–H and O–H groups in total. The van der Waals surface area contributed by atoms with Crippen LogP contribution in [-0.4, -0.2) is 24.9 Å². The molecule has 0 unspecified atom stereocenters. The van der Waals surface area contributed by atoms with Gasteiger partial charge >= 0.3 is 0 Å². The molecule has 0 heterocycles. The summed E-state index contributed by atoms with van der Waals surface area (Å²) in [4.78, 5) is 0. The minimum Gasteiger partial charge on any atom is -0.493 e. The lowest BCUT2D eigenvalue weighted by molar-refractivity contribution is 0.161. The summed E-state index contributed by atoms with van der Waals surface area (Å²) in [5.41, 5.74) is 0.475. The van der Waals surface area contributed by atoms with E-state index in [-0.39, 0.29) is 18.6 Å². The number of nitrogens with zero attached hydrogens (tertiary/aromatic N) is 1. The van der Waals surface area contributed by atoms with Gasteiger partial charge in [-0.05, 0) is 68.6 Å². The molecule has 24 heavy (non-hydrogen) atoms. The van der Waals surface area contributed by atoms with E-state index in [1.165, 1.54) is 12.8 Å². The summed E-state index contributed by atoms with van der Waals surface area (Å²) >= 11 is 0. The zero-order valence-electron chi connectivity index (χ0n) is 14.5. The third kappa shape index (κ3) is 3.37. The summed E-state index contributed by atoms with van der Waals surface area (Å²) in [6.07, 6.45) is 8.39. The Morgan fingerprint density at radius 2 is 2.00 bits per heavy atom. The van der Waals surface area contributed by atoms with Crippen molar-refractivity contribution < 1.29 is 14.6 Å². The first-order valence-electron chi connectivity index (χ1n) is 9.08. The second kappa shape index (κ2) is 7.44. The van der Waals surface area contributed by atoms with Crippen LogP contribution in [0.2, 0.25) is 0 Å². The number of nitriles is 1. The highest BCUT2D eigenvalue weighted by Crippen LogP contribution is 2.44.